The minimum Gasteiger partial charge on any atom is -0.481 e. The molecule has 0 bridgehead atoms. The highest BCUT2D eigenvalue weighted by atomic mass is 16.5. The molecule has 0 fully saturated rings. The maximum Gasteiger partial charge on any atom is 0.306 e. The molecule has 1 aromatic carbocycles. The van der Waals surface area contributed by atoms with E-state index < -0.39 is 5.97 Å². The van der Waals surface area contributed by atoms with Crippen LogP contribution < -0.4 is 0 Å². The molecule has 0 spiro atoms. The van der Waals surface area contributed by atoms with Gasteiger partial charge in [-0.05, 0) is 38.7 Å². The average molecular weight is 250 g/mol. The topological polar surface area (TPSA) is 46.5 Å². The van der Waals surface area contributed by atoms with Gasteiger partial charge in [-0.25, -0.2) is 0 Å². The second-order valence-electron chi connectivity index (χ2n) is 5.23. The fourth-order valence-electron chi connectivity index (χ4n) is 1.84. The molecule has 3 heteroatoms. The molecule has 18 heavy (non-hydrogen) atoms. The Morgan fingerprint density at radius 3 is 2.44 bits per heavy atom. The van der Waals surface area contributed by atoms with Crippen LogP contribution in [0.2, 0.25) is 0 Å². The van der Waals surface area contributed by atoms with E-state index in [2.05, 4.69) is 0 Å². The normalized spacial score (nSPS) is 13.3. The Hall–Kier alpha value is -1.35. The van der Waals surface area contributed by atoms with Gasteiger partial charge in [-0.1, -0.05) is 30.3 Å². The molecule has 100 valence electrons. The van der Waals surface area contributed by atoms with Crippen molar-refractivity contribution in [3.05, 3.63) is 35.9 Å². The first kappa shape index (κ1) is 14.7. The molecular weight excluding hydrogens is 228 g/mol. The van der Waals surface area contributed by atoms with Crippen LogP contribution >= 0.6 is 0 Å². The van der Waals surface area contributed by atoms with Gasteiger partial charge in [-0.3, -0.25) is 4.79 Å². The third-order valence-corrected chi connectivity index (χ3v) is 3.32. The molecule has 0 saturated carbocycles. The Morgan fingerprint density at radius 1 is 1.33 bits per heavy atom. The van der Waals surface area contributed by atoms with Gasteiger partial charge in [0.15, 0.2) is 0 Å². The largest absolute Gasteiger partial charge is 0.481 e. The molecule has 1 atom stereocenters. The first-order valence-electron chi connectivity index (χ1n) is 6.26. The van der Waals surface area contributed by atoms with E-state index in [0.29, 0.717) is 12.8 Å². The number of methoxy groups -OCH3 is 1. The Morgan fingerprint density at radius 2 is 1.94 bits per heavy atom. The number of rotatable bonds is 7. The zero-order valence-electron chi connectivity index (χ0n) is 11.3. The van der Waals surface area contributed by atoms with Crippen LogP contribution in [0, 0.1) is 5.92 Å². The number of hydrogen-bond donors (Lipinski definition) is 1. The van der Waals surface area contributed by atoms with Crippen LogP contribution in [-0.2, 0) is 16.0 Å². The van der Waals surface area contributed by atoms with Gasteiger partial charge < -0.3 is 9.84 Å². The summed E-state index contributed by atoms with van der Waals surface area (Å²) in [5, 5.41) is 9.26. The maximum atomic E-state index is 11.3. The summed E-state index contributed by atoms with van der Waals surface area (Å²) in [4.78, 5) is 11.3. The van der Waals surface area contributed by atoms with Crippen molar-refractivity contribution >= 4 is 5.97 Å². The Labute approximate surface area is 109 Å². The van der Waals surface area contributed by atoms with E-state index in [9.17, 15) is 9.90 Å². The lowest BCUT2D eigenvalue weighted by Gasteiger charge is -2.24. The first-order chi connectivity index (χ1) is 8.44. The summed E-state index contributed by atoms with van der Waals surface area (Å²) < 4.78 is 5.33. The Kier molecular flexibility index (Phi) is 5.35. The molecule has 1 aromatic rings. The summed E-state index contributed by atoms with van der Waals surface area (Å²) in [6.45, 7) is 3.96. The lowest BCUT2D eigenvalue weighted by atomic mass is 9.90. The number of hydrogen-bond acceptors (Lipinski definition) is 2. The summed E-state index contributed by atoms with van der Waals surface area (Å²) in [5.41, 5.74) is 0.810. The van der Waals surface area contributed by atoms with Crippen molar-refractivity contribution in [3.8, 4) is 0 Å². The highest BCUT2D eigenvalue weighted by Gasteiger charge is 2.23. The molecule has 0 aliphatic rings. The molecule has 0 aliphatic carbocycles. The number of aliphatic carboxylic acids is 1. The van der Waals surface area contributed by atoms with Crippen LogP contribution in [0.25, 0.3) is 0 Å². The molecule has 0 heterocycles. The van der Waals surface area contributed by atoms with Gasteiger partial charge in [0.1, 0.15) is 0 Å². The van der Waals surface area contributed by atoms with Gasteiger partial charge in [0.25, 0.3) is 0 Å². The van der Waals surface area contributed by atoms with Crippen LogP contribution in [0.3, 0.4) is 0 Å². The average Bonchev–Trinajstić information content (AvgIpc) is 2.35. The minimum absolute atomic E-state index is 0.260. The highest BCUT2D eigenvalue weighted by Crippen LogP contribution is 2.22. The predicted octanol–water partition coefficient (Wildman–Crippen LogP) is 3.14. The van der Waals surface area contributed by atoms with Crippen molar-refractivity contribution in [2.75, 3.05) is 7.11 Å². The molecule has 1 unspecified atom stereocenters. The van der Waals surface area contributed by atoms with Crippen molar-refractivity contribution in [1.29, 1.82) is 0 Å². The number of benzene rings is 1. The summed E-state index contributed by atoms with van der Waals surface area (Å²) in [5.74, 6) is -1.08. The summed E-state index contributed by atoms with van der Waals surface area (Å²) in [7, 11) is 1.66. The van der Waals surface area contributed by atoms with Gasteiger partial charge in [0, 0.05) is 7.11 Å². The molecule has 1 N–H and O–H groups in total. The predicted molar refractivity (Wildman–Crippen MR) is 71.6 cm³/mol. The minimum atomic E-state index is -0.731. The lowest BCUT2D eigenvalue weighted by molar-refractivity contribution is -0.142. The fourth-order valence-corrected chi connectivity index (χ4v) is 1.84. The molecule has 0 aliphatic heterocycles. The van der Waals surface area contributed by atoms with E-state index in [1.165, 1.54) is 0 Å². The van der Waals surface area contributed by atoms with Crippen molar-refractivity contribution in [3.63, 3.8) is 0 Å². The van der Waals surface area contributed by atoms with Gasteiger partial charge in [0.05, 0.1) is 11.5 Å². The number of carbonyl (C=O) groups is 1. The maximum absolute atomic E-state index is 11.3. The van der Waals surface area contributed by atoms with Crippen LogP contribution in [0.15, 0.2) is 30.3 Å². The van der Waals surface area contributed by atoms with Gasteiger partial charge in [0.2, 0.25) is 0 Å². The third kappa shape index (κ3) is 4.88. The quantitative estimate of drug-likeness (QED) is 0.808. The van der Waals surface area contributed by atoms with Gasteiger partial charge in [-0.2, -0.15) is 0 Å². The SMILES string of the molecule is COC(C)(C)CCC(Cc1ccccc1)C(=O)O. The number of carboxylic acid groups (broad SMARTS) is 1. The lowest BCUT2D eigenvalue weighted by Crippen LogP contribution is -2.26. The molecule has 1 rings (SSSR count). The summed E-state index contributed by atoms with van der Waals surface area (Å²) in [6, 6.07) is 9.75. The van der Waals surface area contributed by atoms with Crippen LogP contribution in [0.1, 0.15) is 32.3 Å². The summed E-state index contributed by atoms with van der Waals surface area (Å²) >= 11 is 0. The molecule has 0 aromatic heterocycles. The van der Waals surface area contributed by atoms with E-state index in [0.717, 1.165) is 12.0 Å². The van der Waals surface area contributed by atoms with Crippen molar-refractivity contribution < 1.29 is 14.6 Å². The molecule has 0 saturated heterocycles. The third-order valence-electron chi connectivity index (χ3n) is 3.32. The van der Waals surface area contributed by atoms with E-state index in [4.69, 9.17) is 4.74 Å². The number of ether oxygens (including phenoxy) is 1. The highest BCUT2D eigenvalue weighted by molar-refractivity contribution is 5.70. The van der Waals surface area contributed by atoms with Crippen molar-refractivity contribution in [1.82, 2.24) is 0 Å². The molecule has 3 nitrogen and oxygen atoms in total. The van der Waals surface area contributed by atoms with E-state index in [1.54, 1.807) is 7.11 Å². The molecular formula is C15H22O3. The second-order valence-corrected chi connectivity index (χ2v) is 5.23. The Balaban J connectivity index is 2.59. The monoisotopic (exact) mass is 250 g/mol. The van der Waals surface area contributed by atoms with Crippen molar-refractivity contribution in [2.45, 2.75) is 38.7 Å². The summed E-state index contributed by atoms with van der Waals surface area (Å²) in [6.07, 6.45) is 1.95. The van der Waals surface area contributed by atoms with E-state index >= 15 is 0 Å². The zero-order chi connectivity index (χ0) is 13.6. The van der Waals surface area contributed by atoms with Gasteiger partial charge in [-0.15, -0.1) is 0 Å². The van der Waals surface area contributed by atoms with E-state index in [-0.39, 0.29) is 11.5 Å². The number of carboxylic acids is 1. The fraction of sp³-hybridized carbons (Fsp3) is 0.533. The van der Waals surface area contributed by atoms with E-state index in [1.807, 2.05) is 44.2 Å². The van der Waals surface area contributed by atoms with Gasteiger partial charge >= 0.3 is 5.97 Å². The Bertz CT molecular complexity index is 371. The first-order valence-corrected chi connectivity index (χ1v) is 6.26. The second kappa shape index (κ2) is 6.55. The van der Waals surface area contributed by atoms with Crippen LogP contribution in [-0.4, -0.2) is 23.8 Å². The smallest absolute Gasteiger partial charge is 0.306 e. The van der Waals surface area contributed by atoms with Crippen LogP contribution in [0.5, 0.6) is 0 Å². The zero-order valence-corrected chi connectivity index (χ0v) is 11.3. The van der Waals surface area contributed by atoms with Crippen LogP contribution in [0.4, 0.5) is 0 Å². The molecule has 0 radical (unpaired) electrons. The molecule has 0 amide bonds. The standard InChI is InChI=1S/C15H22O3/c1-15(2,18-3)10-9-13(14(16)17)11-12-7-5-4-6-8-12/h4-8,13H,9-11H2,1-3H3,(H,16,17). The van der Waals surface area contributed by atoms with Crippen molar-refractivity contribution in [2.24, 2.45) is 5.92 Å².